The monoisotopic (exact) mass is 351 g/mol. The van der Waals surface area contributed by atoms with Crippen LogP contribution in [0, 0.1) is 24.0 Å². The van der Waals surface area contributed by atoms with Crippen molar-refractivity contribution in [2.24, 2.45) is 0 Å². The van der Waals surface area contributed by atoms with E-state index in [-0.39, 0.29) is 6.61 Å². The van der Waals surface area contributed by atoms with E-state index in [0.717, 1.165) is 16.1 Å². The molecule has 0 radical (unpaired) electrons. The van der Waals surface area contributed by atoms with Crippen LogP contribution < -0.4 is 10.1 Å². The van der Waals surface area contributed by atoms with Gasteiger partial charge in [-0.2, -0.15) is 0 Å². The van der Waals surface area contributed by atoms with Gasteiger partial charge in [-0.05, 0) is 30.3 Å². The molecule has 0 atom stereocenters. The second kappa shape index (κ2) is 7.09. The molecule has 0 saturated carbocycles. The largest absolute Gasteiger partial charge is 0.481 e. The third-order valence-corrected chi connectivity index (χ3v) is 3.17. The lowest BCUT2D eigenvalue weighted by molar-refractivity contribution is 0.366. The van der Waals surface area contributed by atoms with Crippen molar-refractivity contribution in [2.75, 3.05) is 11.9 Å². The molecule has 0 heterocycles. The highest BCUT2D eigenvalue weighted by atomic mass is 79.9. The van der Waals surface area contributed by atoms with E-state index in [2.05, 4.69) is 27.2 Å². The Balaban J connectivity index is 2.15. The van der Waals surface area contributed by atoms with Crippen LogP contribution in [-0.2, 0) is 6.54 Å². The quantitative estimate of drug-likeness (QED) is 0.808. The smallest absolute Gasteiger partial charge is 0.148 e. The zero-order chi connectivity index (χ0) is 15.2. The second-order valence-electron chi connectivity index (χ2n) is 4.26. The van der Waals surface area contributed by atoms with Crippen molar-refractivity contribution >= 4 is 21.6 Å². The predicted molar refractivity (Wildman–Crippen MR) is 82.2 cm³/mol. The maximum absolute atomic E-state index is 13.1. The minimum Gasteiger partial charge on any atom is -0.481 e. The Morgan fingerprint density at radius 3 is 2.52 bits per heavy atom. The third kappa shape index (κ3) is 4.47. The molecule has 0 aliphatic heterocycles. The van der Waals surface area contributed by atoms with E-state index in [0.29, 0.717) is 18.0 Å². The Labute approximate surface area is 130 Å². The molecule has 5 heteroatoms. The lowest BCUT2D eigenvalue weighted by atomic mass is 10.2. The summed E-state index contributed by atoms with van der Waals surface area (Å²) in [4.78, 5) is 0. The van der Waals surface area contributed by atoms with E-state index >= 15 is 0 Å². The Bertz CT molecular complexity index is 662. The highest BCUT2D eigenvalue weighted by Crippen LogP contribution is 2.24. The number of rotatable bonds is 5. The first-order valence-electron chi connectivity index (χ1n) is 6.13. The van der Waals surface area contributed by atoms with E-state index in [9.17, 15) is 8.78 Å². The lowest BCUT2D eigenvalue weighted by Crippen LogP contribution is -2.04. The van der Waals surface area contributed by atoms with Gasteiger partial charge >= 0.3 is 0 Å². The lowest BCUT2D eigenvalue weighted by Gasteiger charge is -2.12. The summed E-state index contributed by atoms with van der Waals surface area (Å²) < 4.78 is 32.6. The summed E-state index contributed by atoms with van der Waals surface area (Å²) in [7, 11) is 0. The second-order valence-corrected chi connectivity index (χ2v) is 5.17. The van der Waals surface area contributed by atoms with E-state index in [1.54, 1.807) is 6.07 Å². The number of benzene rings is 2. The molecular weight excluding hydrogens is 340 g/mol. The van der Waals surface area contributed by atoms with Crippen LogP contribution in [0.4, 0.5) is 14.5 Å². The number of hydrogen-bond acceptors (Lipinski definition) is 2. The predicted octanol–water partition coefficient (Wildman–Crippen LogP) is 4.35. The van der Waals surface area contributed by atoms with Crippen molar-refractivity contribution in [3.05, 3.63) is 58.1 Å². The van der Waals surface area contributed by atoms with Crippen molar-refractivity contribution in [1.29, 1.82) is 0 Å². The summed E-state index contributed by atoms with van der Waals surface area (Å²) in [5.41, 5.74) is 1.18. The van der Waals surface area contributed by atoms with Gasteiger partial charge in [-0.3, -0.25) is 0 Å². The standard InChI is InChI=1S/C16H12BrF2NO/c1-2-5-21-16-4-3-12(17)6-11(16)10-20-15-8-13(18)7-14(19)9-15/h1,3-4,6-9,20H,5,10H2. The molecule has 2 aromatic rings. The van der Waals surface area contributed by atoms with Crippen LogP contribution in [0.15, 0.2) is 40.9 Å². The first-order chi connectivity index (χ1) is 10.1. The van der Waals surface area contributed by atoms with Gasteiger partial charge in [0.1, 0.15) is 24.0 Å². The van der Waals surface area contributed by atoms with Crippen LogP contribution in [0.5, 0.6) is 5.75 Å². The number of terminal acetylenes is 1. The highest BCUT2D eigenvalue weighted by Gasteiger charge is 2.06. The molecule has 2 rings (SSSR count). The molecule has 0 saturated heterocycles. The maximum atomic E-state index is 13.1. The van der Waals surface area contributed by atoms with E-state index in [1.807, 2.05) is 12.1 Å². The van der Waals surface area contributed by atoms with Crippen LogP contribution in [-0.4, -0.2) is 6.61 Å². The third-order valence-electron chi connectivity index (χ3n) is 2.68. The molecule has 0 aliphatic rings. The van der Waals surface area contributed by atoms with Gasteiger partial charge in [-0.25, -0.2) is 8.78 Å². The highest BCUT2D eigenvalue weighted by molar-refractivity contribution is 9.10. The number of halogens is 3. The van der Waals surface area contributed by atoms with E-state index in [1.165, 1.54) is 12.1 Å². The maximum Gasteiger partial charge on any atom is 0.148 e. The van der Waals surface area contributed by atoms with Crippen LogP contribution in [0.25, 0.3) is 0 Å². The van der Waals surface area contributed by atoms with Gasteiger partial charge in [0.2, 0.25) is 0 Å². The van der Waals surface area contributed by atoms with Crippen LogP contribution in [0.2, 0.25) is 0 Å². The zero-order valence-corrected chi connectivity index (χ0v) is 12.6. The summed E-state index contributed by atoms with van der Waals surface area (Å²) in [6.07, 6.45) is 5.17. The minimum absolute atomic E-state index is 0.156. The Hall–Kier alpha value is -2.06. The van der Waals surface area contributed by atoms with Gasteiger partial charge in [0.25, 0.3) is 0 Å². The number of nitrogens with one attached hydrogen (secondary N) is 1. The average molecular weight is 352 g/mol. The minimum atomic E-state index is -0.629. The SMILES string of the molecule is C#CCOc1ccc(Br)cc1CNc1cc(F)cc(F)c1. The summed E-state index contributed by atoms with van der Waals surface area (Å²) in [6, 6.07) is 8.74. The van der Waals surface area contributed by atoms with Crippen molar-refractivity contribution in [3.8, 4) is 18.1 Å². The van der Waals surface area contributed by atoms with Crippen LogP contribution in [0.1, 0.15) is 5.56 Å². The molecule has 0 unspecified atom stereocenters. The van der Waals surface area contributed by atoms with Crippen LogP contribution in [0.3, 0.4) is 0 Å². The Kier molecular flexibility index (Phi) is 5.18. The van der Waals surface area contributed by atoms with Crippen molar-refractivity contribution in [3.63, 3.8) is 0 Å². The molecule has 0 fully saturated rings. The normalized spacial score (nSPS) is 10.0. The molecule has 0 amide bonds. The number of ether oxygens (including phenoxy) is 1. The Morgan fingerprint density at radius 1 is 1.14 bits per heavy atom. The molecule has 0 aromatic heterocycles. The number of hydrogen-bond donors (Lipinski definition) is 1. The molecule has 0 spiro atoms. The Morgan fingerprint density at radius 2 is 1.86 bits per heavy atom. The zero-order valence-electron chi connectivity index (χ0n) is 11.0. The average Bonchev–Trinajstić information content (AvgIpc) is 2.43. The van der Waals surface area contributed by atoms with Crippen LogP contribution >= 0.6 is 15.9 Å². The topological polar surface area (TPSA) is 21.3 Å². The van der Waals surface area contributed by atoms with Gasteiger partial charge in [-0.1, -0.05) is 21.9 Å². The van der Waals surface area contributed by atoms with Gasteiger partial charge in [0.15, 0.2) is 0 Å². The van der Waals surface area contributed by atoms with Gasteiger partial charge < -0.3 is 10.1 Å². The molecule has 2 nitrogen and oxygen atoms in total. The molecule has 21 heavy (non-hydrogen) atoms. The van der Waals surface area contributed by atoms with Gasteiger partial charge in [0.05, 0.1) is 0 Å². The molecule has 0 aliphatic carbocycles. The van der Waals surface area contributed by atoms with Crippen molar-refractivity contribution in [2.45, 2.75) is 6.54 Å². The van der Waals surface area contributed by atoms with E-state index in [4.69, 9.17) is 11.2 Å². The van der Waals surface area contributed by atoms with Crippen molar-refractivity contribution < 1.29 is 13.5 Å². The van der Waals surface area contributed by atoms with Crippen molar-refractivity contribution in [1.82, 2.24) is 0 Å². The van der Waals surface area contributed by atoms with Gasteiger partial charge in [-0.15, -0.1) is 6.42 Å². The first kappa shape index (κ1) is 15.3. The van der Waals surface area contributed by atoms with E-state index < -0.39 is 11.6 Å². The molecular formula is C16H12BrF2NO. The fourth-order valence-electron chi connectivity index (χ4n) is 1.80. The van der Waals surface area contributed by atoms with Gasteiger partial charge in [0, 0.05) is 28.3 Å². The summed E-state index contributed by atoms with van der Waals surface area (Å²) in [6.45, 7) is 0.505. The summed E-state index contributed by atoms with van der Waals surface area (Å²) in [5, 5.41) is 2.95. The number of anilines is 1. The first-order valence-corrected chi connectivity index (χ1v) is 6.92. The molecule has 1 N–H and O–H groups in total. The molecule has 0 bridgehead atoms. The fraction of sp³-hybridized carbons (Fsp3) is 0.125. The fourth-order valence-corrected chi connectivity index (χ4v) is 2.21. The summed E-state index contributed by atoms with van der Waals surface area (Å²) >= 11 is 3.37. The molecule has 108 valence electrons. The molecule has 2 aromatic carbocycles. The summed E-state index contributed by atoms with van der Waals surface area (Å²) in [5.74, 6) is 1.76.